The monoisotopic (exact) mass is 222 g/mol. The second-order valence-corrected chi connectivity index (χ2v) is 3.32. The fourth-order valence-corrected chi connectivity index (χ4v) is 1.54. The SMILES string of the molecule is O=C(NO)c1cc2ccccc2nc1Cl. The van der Waals surface area contributed by atoms with Gasteiger partial charge in [-0.25, -0.2) is 10.5 Å². The molecule has 1 aromatic carbocycles. The third kappa shape index (κ3) is 1.77. The van der Waals surface area contributed by atoms with E-state index in [1.807, 2.05) is 18.2 Å². The number of fused-ring (bicyclic) bond motifs is 1. The molecule has 2 aromatic rings. The summed E-state index contributed by atoms with van der Waals surface area (Å²) in [5.41, 5.74) is 2.38. The molecule has 2 rings (SSSR count). The van der Waals surface area contributed by atoms with Crippen molar-refractivity contribution in [1.29, 1.82) is 0 Å². The molecule has 15 heavy (non-hydrogen) atoms. The molecule has 0 saturated carbocycles. The van der Waals surface area contributed by atoms with Crippen LogP contribution < -0.4 is 5.48 Å². The Labute approximate surface area is 90.5 Å². The van der Waals surface area contributed by atoms with Crippen molar-refractivity contribution in [1.82, 2.24) is 10.5 Å². The number of carbonyl (C=O) groups excluding carboxylic acids is 1. The van der Waals surface area contributed by atoms with Crippen LogP contribution in [0, 0.1) is 0 Å². The Morgan fingerprint density at radius 1 is 1.40 bits per heavy atom. The van der Waals surface area contributed by atoms with E-state index >= 15 is 0 Å². The van der Waals surface area contributed by atoms with Gasteiger partial charge in [-0.1, -0.05) is 29.8 Å². The summed E-state index contributed by atoms with van der Waals surface area (Å²) in [6.07, 6.45) is 0. The van der Waals surface area contributed by atoms with Crippen LogP contribution in [-0.2, 0) is 0 Å². The van der Waals surface area contributed by atoms with E-state index in [-0.39, 0.29) is 10.7 Å². The van der Waals surface area contributed by atoms with Crippen molar-refractivity contribution in [2.75, 3.05) is 0 Å². The van der Waals surface area contributed by atoms with E-state index in [4.69, 9.17) is 16.8 Å². The molecular formula is C10H7ClN2O2. The van der Waals surface area contributed by atoms with Crippen LogP contribution in [0.2, 0.25) is 5.15 Å². The maximum Gasteiger partial charge on any atom is 0.277 e. The molecule has 5 heteroatoms. The Morgan fingerprint density at radius 2 is 2.13 bits per heavy atom. The number of aromatic nitrogens is 1. The average Bonchev–Trinajstić information content (AvgIpc) is 2.27. The Bertz CT molecular complexity index is 528. The minimum atomic E-state index is -0.668. The van der Waals surface area contributed by atoms with Gasteiger partial charge in [-0.05, 0) is 12.1 Å². The van der Waals surface area contributed by atoms with Crippen LogP contribution in [0.4, 0.5) is 0 Å². The van der Waals surface area contributed by atoms with Crippen LogP contribution in [0.3, 0.4) is 0 Å². The van der Waals surface area contributed by atoms with Crippen molar-refractivity contribution in [3.05, 3.63) is 41.0 Å². The fourth-order valence-electron chi connectivity index (χ4n) is 1.31. The van der Waals surface area contributed by atoms with E-state index in [9.17, 15) is 4.79 Å². The van der Waals surface area contributed by atoms with Crippen molar-refractivity contribution in [3.8, 4) is 0 Å². The molecule has 0 fully saturated rings. The van der Waals surface area contributed by atoms with E-state index in [0.717, 1.165) is 5.39 Å². The Balaban J connectivity index is 2.67. The summed E-state index contributed by atoms with van der Waals surface area (Å²) < 4.78 is 0. The predicted octanol–water partition coefficient (Wildman–Crippen LogP) is 2.01. The highest BCUT2D eigenvalue weighted by atomic mass is 35.5. The summed E-state index contributed by atoms with van der Waals surface area (Å²) in [5.74, 6) is -0.668. The maximum absolute atomic E-state index is 11.2. The number of hydrogen-bond donors (Lipinski definition) is 2. The number of benzene rings is 1. The van der Waals surface area contributed by atoms with E-state index in [1.165, 1.54) is 5.48 Å². The number of nitrogens with zero attached hydrogens (tertiary/aromatic N) is 1. The molecule has 0 spiro atoms. The van der Waals surface area contributed by atoms with Gasteiger partial charge >= 0.3 is 0 Å². The topological polar surface area (TPSA) is 62.2 Å². The number of pyridine rings is 1. The molecule has 0 radical (unpaired) electrons. The van der Waals surface area contributed by atoms with Gasteiger partial charge in [0.25, 0.3) is 5.91 Å². The highest BCUT2D eigenvalue weighted by Gasteiger charge is 2.11. The van der Waals surface area contributed by atoms with Crippen LogP contribution in [-0.4, -0.2) is 16.1 Å². The van der Waals surface area contributed by atoms with Gasteiger partial charge in [0, 0.05) is 5.39 Å². The molecular weight excluding hydrogens is 216 g/mol. The third-order valence-electron chi connectivity index (χ3n) is 2.02. The van der Waals surface area contributed by atoms with Crippen LogP contribution in [0.5, 0.6) is 0 Å². The van der Waals surface area contributed by atoms with Crippen molar-refractivity contribution >= 4 is 28.4 Å². The van der Waals surface area contributed by atoms with Crippen molar-refractivity contribution < 1.29 is 10.0 Å². The molecule has 0 bridgehead atoms. The molecule has 1 amide bonds. The van der Waals surface area contributed by atoms with Crippen molar-refractivity contribution in [2.24, 2.45) is 0 Å². The lowest BCUT2D eigenvalue weighted by Gasteiger charge is -2.03. The Hall–Kier alpha value is -1.65. The molecule has 0 aliphatic carbocycles. The number of hydroxylamine groups is 1. The van der Waals surface area contributed by atoms with E-state index in [0.29, 0.717) is 5.52 Å². The minimum absolute atomic E-state index is 0.0697. The zero-order chi connectivity index (χ0) is 10.8. The van der Waals surface area contributed by atoms with E-state index in [2.05, 4.69) is 4.98 Å². The molecule has 0 saturated heterocycles. The second kappa shape index (κ2) is 3.84. The molecule has 76 valence electrons. The Kier molecular flexibility index (Phi) is 2.53. The fraction of sp³-hybridized carbons (Fsp3) is 0. The predicted molar refractivity (Wildman–Crippen MR) is 56.0 cm³/mol. The molecule has 1 aromatic heterocycles. The van der Waals surface area contributed by atoms with Gasteiger partial charge in [-0.2, -0.15) is 0 Å². The van der Waals surface area contributed by atoms with Crippen LogP contribution >= 0.6 is 11.6 Å². The molecule has 1 heterocycles. The van der Waals surface area contributed by atoms with Crippen molar-refractivity contribution in [2.45, 2.75) is 0 Å². The van der Waals surface area contributed by atoms with Gasteiger partial charge in [-0.15, -0.1) is 0 Å². The lowest BCUT2D eigenvalue weighted by molar-refractivity contribution is 0.0706. The van der Waals surface area contributed by atoms with Gasteiger partial charge in [0.15, 0.2) is 0 Å². The lowest BCUT2D eigenvalue weighted by atomic mass is 10.1. The normalized spacial score (nSPS) is 10.3. The summed E-state index contributed by atoms with van der Waals surface area (Å²) in [4.78, 5) is 15.2. The first-order chi connectivity index (χ1) is 7.22. The summed E-state index contributed by atoms with van der Waals surface area (Å²) in [5, 5.41) is 9.36. The van der Waals surface area contributed by atoms with Crippen molar-refractivity contribution in [3.63, 3.8) is 0 Å². The number of rotatable bonds is 1. The first kappa shape index (κ1) is 9.89. The smallest absolute Gasteiger partial charge is 0.277 e. The first-order valence-electron chi connectivity index (χ1n) is 4.22. The summed E-state index contributed by atoms with van der Waals surface area (Å²) in [6.45, 7) is 0. The number of nitrogens with one attached hydrogen (secondary N) is 1. The van der Waals surface area contributed by atoms with Gasteiger partial charge in [0.05, 0.1) is 11.1 Å². The second-order valence-electron chi connectivity index (χ2n) is 2.96. The van der Waals surface area contributed by atoms with Gasteiger partial charge in [0.1, 0.15) is 5.15 Å². The molecule has 2 N–H and O–H groups in total. The average molecular weight is 223 g/mol. The molecule has 0 aliphatic heterocycles. The van der Waals surface area contributed by atoms with Crippen LogP contribution in [0.1, 0.15) is 10.4 Å². The van der Waals surface area contributed by atoms with Gasteiger partial charge < -0.3 is 0 Å². The molecule has 0 unspecified atom stereocenters. The summed E-state index contributed by atoms with van der Waals surface area (Å²) in [6, 6.07) is 8.85. The van der Waals surface area contributed by atoms with Crippen LogP contribution in [0.25, 0.3) is 10.9 Å². The molecule has 4 nitrogen and oxygen atoms in total. The standard InChI is InChI=1S/C10H7ClN2O2/c11-9-7(10(14)13-15)5-6-3-1-2-4-8(6)12-9/h1-5,15H,(H,13,14). The van der Waals surface area contributed by atoms with E-state index in [1.54, 1.807) is 12.1 Å². The lowest BCUT2D eigenvalue weighted by Crippen LogP contribution is -2.19. The maximum atomic E-state index is 11.2. The number of amides is 1. The quantitative estimate of drug-likeness (QED) is 0.441. The highest BCUT2D eigenvalue weighted by molar-refractivity contribution is 6.33. The number of halogens is 1. The molecule has 0 aliphatic rings. The van der Waals surface area contributed by atoms with E-state index < -0.39 is 5.91 Å². The van der Waals surface area contributed by atoms with Gasteiger partial charge in [0.2, 0.25) is 0 Å². The Morgan fingerprint density at radius 3 is 2.87 bits per heavy atom. The zero-order valence-corrected chi connectivity index (χ0v) is 8.32. The van der Waals surface area contributed by atoms with Crippen LogP contribution in [0.15, 0.2) is 30.3 Å². The number of carbonyl (C=O) groups is 1. The zero-order valence-electron chi connectivity index (χ0n) is 7.57. The summed E-state index contributed by atoms with van der Waals surface area (Å²) >= 11 is 5.79. The number of hydrogen-bond acceptors (Lipinski definition) is 3. The third-order valence-corrected chi connectivity index (χ3v) is 2.31. The minimum Gasteiger partial charge on any atom is -0.288 e. The summed E-state index contributed by atoms with van der Waals surface area (Å²) in [7, 11) is 0. The largest absolute Gasteiger partial charge is 0.288 e. The number of para-hydroxylation sites is 1. The highest BCUT2D eigenvalue weighted by Crippen LogP contribution is 2.19. The molecule has 0 atom stereocenters. The first-order valence-corrected chi connectivity index (χ1v) is 4.60. The van der Waals surface area contributed by atoms with Gasteiger partial charge in [-0.3, -0.25) is 10.0 Å².